The zero-order valence-electron chi connectivity index (χ0n) is 15.8. The fourth-order valence-corrected chi connectivity index (χ4v) is 4.32. The third-order valence-electron chi connectivity index (χ3n) is 5.71. The number of alkyl halides is 3. The van der Waals surface area contributed by atoms with Gasteiger partial charge in [-0.2, -0.15) is 13.2 Å². The number of hydrogen-bond donors (Lipinski definition) is 0. The fourth-order valence-electron chi connectivity index (χ4n) is 4.32. The van der Waals surface area contributed by atoms with E-state index in [1.54, 1.807) is 7.11 Å². The lowest BCUT2D eigenvalue weighted by atomic mass is 9.69. The van der Waals surface area contributed by atoms with Crippen molar-refractivity contribution < 1.29 is 22.3 Å². The summed E-state index contributed by atoms with van der Waals surface area (Å²) in [6.07, 6.45) is -3.24. The molecule has 150 valence electrons. The Labute approximate surface area is 167 Å². The van der Waals surface area contributed by atoms with Crippen LogP contribution < -0.4 is 4.74 Å². The fraction of sp³-hybridized carbons (Fsp3) is 0.250. The topological polar surface area (TPSA) is 9.23 Å². The van der Waals surface area contributed by atoms with Gasteiger partial charge in [-0.25, -0.2) is 4.39 Å². The molecule has 0 unspecified atom stereocenters. The van der Waals surface area contributed by atoms with Crippen LogP contribution in [0.2, 0.25) is 0 Å². The zero-order valence-corrected chi connectivity index (χ0v) is 15.8. The summed E-state index contributed by atoms with van der Waals surface area (Å²) in [6, 6.07) is 18.1. The third-order valence-corrected chi connectivity index (χ3v) is 5.71. The van der Waals surface area contributed by atoms with Crippen LogP contribution in [0.1, 0.15) is 46.1 Å². The summed E-state index contributed by atoms with van der Waals surface area (Å²) >= 11 is 0. The molecule has 1 aliphatic rings. The molecule has 0 heterocycles. The second-order valence-corrected chi connectivity index (χ2v) is 7.33. The molecule has 1 nitrogen and oxygen atoms in total. The van der Waals surface area contributed by atoms with Gasteiger partial charge in [0.15, 0.2) is 0 Å². The van der Waals surface area contributed by atoms with Crippen LogP contribution >= 0.6 is 0 Å². The van der Waals surface area contributed by atoms with E-state index in [2.05, 4.69) is 0 Å². The van der Waals surface area contributed by atoms with Crippen LogP contribution in [-0.4, -0.2) is 7.11 Å². The van der Waals surface area contributed by atoms with Gasteiger partial charge in [0.2, 0.25) is 0 Å². The maximum Gasteiger partial charge on any atom is 0.416 e. The van der Waals surface area contributed by atoms with Crippen LogP contribution in [0.4, 0.5) is 17.6 Å². The van der Waals surface area contributed by atoms with Gasteiger partial charge in [-0.3, -0.25) is 0 Å². The highest BCUT2D eigenvalue weighted by atomic mass is 19.4. The molecule has 3 aromatic rings. The lowest BCUT2D eigenvalue weighted by Gasteiger charge is -2.35. The minimum absolute atomic E-state index is 0.121. The van der Waals surface area contributed by atoms with Crippen molar-refractivity contribution >= 4 is 0 Å². The van der Waals surface area contributed by atoms with Crippen molar-refractivity contribution in [1.29, 1.82) is 0 Å². The minimum Gasteiger partial charge on any atom is -0.497 e. The van der Waals surface area contributed by atoms with Gasteiger partial charge in [0.1, 0.15) is 11.6 Å². The Kier molecular flexibility index (Phi) is 5.07. The first-order valence-corrected chi connectivity index (χ1v) is 9.47. The van der Waals surface area contributed by atoms with Crippen LogP contribution in [0.15, 0.2) is 66.7 Å². The van der Waals surface area contributed by atoms with E-state index in [1.807, 2.05) is 48.5 Å². The Balaban J connectivity index is 1.86. The second kappa shape index (κ2) is 7.54. The van der Waals surface area contributed by atoms with Gasteiger partial charge in [0.05, 0.1) is 12.7 Å². The highest BCUT2D eigenvalue weighted by Gasteiger charge is 2.36. The van der Waals surface area contributed by atoms with Gasteiger partial charge in [-0.05, 0) is 71.3 Å². The van der Waals surface area contributed by atoms with Crippen molar-refractivity contribution in [3.63, 3.8) is 0 Å². The molecule has 0 N–H and O–H groups in total. The largest absolute Gasteiger partial charge is 0.497 e. The number of rotatable bonds is 3. The molecule has 0 aliphatic heterocycles. The molecule has 2 atom stereocenters. The number of fused-ring (bicyclic) bond motifs is 1. The second-order valence-electron chi connectivity index (χ2n) is 7.33. The van der Waals surface area contributed by atoms with Crippen LogP contribution in [-0.2, 0) is 12.6 Å². The van der Waals surface area contributed by atoms with Crippen LogP contribution in [0.25, 0.3) is 0 Å². The summed E-state index contributed by atoms with van der Waals surface area (Å²) in [6.45, 7) is 0. The summed E-state index contributed by atoms with van der Waals surface area (Å²) in [5.41, 5.74) is 2.42. The SMILES string of the molecule is COc1ccc([C@@H]2c3ccccc3CC[C@H]2c2cc(C(F)(F)F)ccc2F)cc1. The van der Waals surface area contributed by atoms with Crippen molar-refractivity contribution in [3.8, 4) is 5.75 Å². The molecular formula is C24H20F4O. The molecule has 0 aromatic heterocycles. The van der Waals surface area contributed by atoms with E-state index >= 15 is 0 Å². The number of benzene rings is 3. The molecular weight excluding hydrogens is 380 g/mol. The predicted octanol–water partition coefficient (Wildman–Crippen LogP) is 6.72. The van der Waals surface area contributed by atoms with Gasteiger partial charge in [0, 0.05) is 5.92 Å². The molecule has 29 heavy (non-hydrogen) atoms. The van der Waals surface area contributed by atoms with E-state index in [0.717, 1.165) is 34.9 Å². The Morgan fingerprint density at radius 1 is 0.897 bits per heavy atom. The van der Waals surface area contributed by atoms with Crippen molar-refractivity contribution in [3.05, 3.63) is 100 Å². The molecule has 0 radical (unpaired) electrons. The van der Waals surface area contributed by atoms with E-state index in [9.17, 15) is 17.6 Å². The van der Waals surface area contributed by atoms with Gasteiger partial charge >= 0.3 is 6.18 Å². The summed E-state index contributed by atoms with van der Waals surface area (Å²) in [4.78, 5) is 0. The number of hydrogen-bond acceptors (Lipinski definition) is 1. The van der Waals surface area contributed by atoms with Crippen LogP contribution in [0, 0.1) is 5.82 Å². The average molecular weight is 400 g/mol. The van der Waals surface area contributed by atoms with Gasteiger partial charge in [-0.15, -0.1) is 0 Å². The lowest BCUT2D eigenvalue weighted by molar-refractivity contribution is -0.137. The number of aryl methyl sites for hydroxylation is 1. The van der Waals surface area contributed by atoms with E-state index in [0.29, 0.717) is 18.6 Å². The van der Waals surface area contributed by atoms with E-state index < -0.39 is 17.6 Å². The molecule has 4 rings (SSSR count). The number of ether oxygens (including phenoxy) is 1. The average Bonchev–Trinajstić information content (AvgIpc) is 2.72. The molecule has 0 bridgehead atoms. The highest BCUT2D eigenvalue weighted by molar-refractivity contribution is 5.46. The summed E-state index contributed by atoms with van der Waals surface area (Å²) in [5, 5.41) is 0. The first-order chi connectivity index (χ1) is 13.9. The highest BCUT2D eigenvalue weighted by Crippen LogP contribution is 2.47. The smallest absolute Gasteiger partial charge is 0.416 e. The zero-order chi connectivity index (χ0) is 20.6. The van der Waals surface area contributed by atoms with Crippen molar-refractivity contribution in [2.75, 3.05) is 7.11 Å². The number of halogens is 4. The van der Waals surface area contributed by atoms with E-state index in [1.165, 1.54) is 0 Å². The maximum absolute atomic E-state index is 14.7. The van der Waals surface area contributed by atoms with Crippen LogP contribution in [0.3, 0.4) is 0 Å². The van der Waals surface area contributed by atoms with Gasteiger partial charge in [-0.1, -0.05) is 36.4 Å². The Bertz CT molecular complexity index is 1010. The molecule has 0 amide bonds. The van der Waals surface area contributed by atoms with Crippen molar-refractivity contribution in [2.24, 2.45) is 0 Å². The van der Waals surface area contributed by atoms with E-state index in [-0.39, 0.29) is 17.4 Å². The van der Waals surface area contributed by atoms with Crippen molar-refractivity contribution in [1.82, 2.24) is 0 Å². The first kappa shape index (κ1) is 19.5. The molecule has 0 fully saturated rings. The maximum atomic E-state index is 14.7. The normalized spacial score (nSPS) is 18.9. The molecule has 1 aliphatic carbocycles. The summed E-state index contributed by atoms with van der Waals surface area (Å²) in [5.74, 6) is -0.523. The molecule has 0 spiro atoms. The first-order valence-electron chi connectivity index (χ1n) is 9.47. The Morgan fingerprint density at radius 2 is 1.62 bits per heavy atom. The van der Waals surface area contributed by atoms with Gasteiger partial charge in [0.25, 0.3) is 0 Å². The number of methoxy groups -OCH3 is 1. The predicted molar refractivity (Wildman–Crippen MR) is 104 cm³/mol. The van der Waals surface area contributed by atoms with Crippen molar-refractivity contribution in [2.45, 2.75) is 30.9 Å². The Morgan fingerprint density at radius 3 is 2.31 bits per heavy atom. The Hall–Kier alpha value is -2.82. The third kappa shape index (κ3) is 3.74. The monoisotopic (exact) mass is 400 g/mol. The molecule has 0 saturated heterocycles. The molecule has 5 heteroatoms. The molecule has 3 aromatic carbocycles. The lowest BCUT2D eigenvalue weighted by Crippen LogP contribution is -2.22. The quantitative estimate of drug-likeness (QED) is 0.444. The van der Waals surface area contributed by atoms with Gasteiger partial charge < -0.3 is 4.74 Å². The molecule has 0 saturated carbocycles. The summed E-state index contributed by atoms with van der Waals surface area (Å²) in [7, 11) is 1.58. The van der Waals surface area contributed by atoms with Crippen LogP contribution in [0.5, 0.6) is 5.75 Å². The standard InChI is InChI=1S/C24H20F4O/c1-29-18-10-6-16(7-11-18)23-19-5-3-2-4-15(19)8-12-20(23)21-14-17(24(26,27)28)9-13-22(21)25/h2-7,9-11,13-14,20,23H,8,12H2,1H3/t20-,23+/m0/s1. The minimum atomic E-state index is -4.51. The van der Waals surface area contributed by atoms with E-state index in [4.69, 9.17) is 4.74 Å². The summed E-state index contributed by atoms with van der Waals surface area (Å²) < 4.78 is 59.8.